The highest BCUT2D eigenvalue weighted by atomic mass is 79.9. The first-order chi connectivity index (χ1) is 20.4. The summed E-state index contributed by atoms with van der Waals surface area (Å²) in [6, 6.07) is 20.2. The highest BCUT2D eigenvalue weighted by molar-refractivity contribution is 9.09. The van der Waals surface area contributed by atoms with Gasteiger partial charge in [0.1, 0.15) is 11.8 Å². The van der Waals surface area contributed by atoms with E-state index in [-0.39, 0.29) is 34.4 Å². The molecule has 8 nitrogen and oxygen atoms in total. The first-order valence-electron chi connectivity index (χ1n) is 14.4. The number of ether oxygens (including phenoxy) is 1. The molecule has 3 aliphatic heterocycles. The van der Waals surface area contributed by atoms with Crippen LogP contribution in [-0.2, 0) is 14.4 Å². The standard InChI is InChI=1S/C32H34BrN3O5S/c1-2-41-23-13-11-21(12-14-23)34-29(38)25-26-31(40)36(15-5-6-16-37)28(32(26)18-24(33)27(25)42-32)30(39)35-22-10-9-19-7-3-4-8-20(19)17-22/h3-4,7-14,17,24-28,37H,2,5-6,15-16,18H2,1H3,(H,34,38)(H,35,39)/t24?,25-,26-,27-,28?,32?/m0/s1. The van der Waals surface area contributed by atoms with Crippen molar-refractivity contribution in [1.82, 2.24) is 4.90 Å². The molecule has 0 aliphatic carbocycles. The fraction of sp³-hybridized carbons (Fsp3) is 0.406. The number of hydrogen-bond donors (Lipinski definition) is 3. The fourth-order valence-electron chi connectivity index (χ4n) is 6.87. The summed E-state index contributed by atoms with van der Waals surface area (Å²) >= 11 is 5.42. The maximum absolute atomic E-state index is 14.2. The molecule has 220 valence electrons. The van der Waals surface area contributed by atoms with Crippen molar-refractivity contribution in [2.75, 3.05) is 30.4 Å². The van der Waals surface area contributed by atoms with E-state index in [1.54, 1.807) is 40.9 Å². The lowest BCUT2D eigenvalue weighted by molar-refractivity contribution is -0.138. The SMILES string of the molecule is CCOc1ccc(NC(=O)[C@H]2[C@H]3C(=O)N(CCCCO)C(C(=O)Nc4ccc5ccccc5c4)C34CC(Br)[C@@H]2S4)cc1. The van der Waals surface area contributed by atoms with Crippen LogP contribution in [0.3, 0.4) is 0 Å². The van der Waals surface area contributed by atoms with Gasteiger partial charge in [0.25, 0.3) is 0 Å². The Bertz CT molecular complexity index is 1500. The van der Waals surface area contributed by atoms with E-state index in [1.165, 1.54) is 0 Å². The summed E-state index contributed by atoms with van der Waals surface area (Å²) in [7, 11) is 0. The highest BCUT2D eigenvalue weighted by Crippen LogP contribution is 2.67. The molecule has 3 aromatic carbocycles. The van der Waals surface area contributed by atoms with Gasteiger partial charge in [-0.3, -0.25) is 14.4 Å². The van der Waals surface area contributed by atoms with Crippen LogP contribution in [0.25, 0.3) is 10.8 Å². The lowest BCUT2D eigenvalue weighted by Gasteiger charge is -2.35. The number of aliphatic hydroxyl groups is 1. The highest BCUT2D eigenvalue weighted by Gasteiger charge is 2.75. The first-order valence-corrected chi connectivity index (χ1v) is 16.2. The van der Waals surface area contributed by atoms with Crippen LogP contribution in [0.2, 0.25) is 0 Å². The van der Waals surface area contributed by atoms with Gasteiger partial charge in [0.2, 0.25) is 17.7 Å². The molecule has 3 heterocycles. The number of rotatable bonds is 10. The number of nitrogens with zero attached hydrogens (tertiary/aromatic N) is 1. The quantitative estimate of drug-likeness (QED) is 0.209. The molecule has 3 aliphatic rings. The second kappa shape index (κ2) is 11.9. The molecule has 3 fully saturated rings. The third-order valence-corrected chi connectivity index (χ3v) is 11.8. The minimum Gasteiger partial charge on any atom is -0.494 e. The molecule has 3 aromatic rings. The molecule has 0 radical (unpaired) electrons. The topological polar surface area (TPSA) is 108 Å². The van der Waals surface area contributed by atoms with Gasteiger partial charge in [-0.1, -0.05) is 46.3 Å². The Labute approximate surface area is 257 Å². The number of carbonyl (C=O) groups is 3. The monoisotopic (exact) mass is 651 g/mol. The zero-order valence-electron chi connectivity index (χ0n) is 23.3. The van der Waals surface area contributed by atoms with Crippen LogP contribution in [0.5, 0.6) is 5.75 Å². The third-order valence-electron chi connectivity index (χ3n) is 8.60. The van der Waals surface area contributed by atoms with Gasteiger partial charge in [-0.2, -0.15) is 0 Å². The van der Waals surface area contributed by atoms with Gasteiger partial charge in [-0.05, 0) is 73.4 Å². The van der Waals surface area contributed by atoms with Crippen LogP contribution in [0.15, 0.2) is 66.7 Å². The normalized spacial score (nSPS) is 27.7. The third kappa shape index (κ3) is 5.07. The molecule has 0 aromatic heterocycles. The van der Waals surface area contributed by atoms with E-state index in [2.05, 4.69) is 26.6 Å². The largest absolute Gasteiger partial charge is 0.494 e. The van der Waals surface area contributed by atoms with E-state index in [1.807, 2.05) is 49.4 Å². The van der Waals surface area contributed by atoms with E-state index in [9.17, 15) is 19.5 Å². The number of carbonyl (C=O) groups excluding carboxylic acids is 3. The number of nitrogens with one attached hydrogen (secondary N) is 2. The molecule has 42 heavy (non-hydrogen) atoms. The maximum atomic E-state index is 14.2. The molecule has 6 atom stereocenters. The van der Waals surface area contributed by atoms with Gasteiger partial charge in [0.05, 0.1) is 23.2 Å². The Morgan fingerprint density at radius 3 is 2.48 bits per heavy atom. The summed E-state index contributed by atoms with van der Waals surface area (Å²) in [4.78, 5) is 43.8. The number of thioether (sulfide) groups is 1. The lowest BCUT2D eigenvalue weighted by Crippen LogP contribution is -2.52. The zero-order chi connectivity index (χ0) is 29.4. The van der Waals surface area contributed by atoms with Crippen molar-refractivity contribution < 1.29 is 24.2 Å². The molecule has 6 rings (SSSR count). The van der Waals surface area contributed by atoms with Gasteiger partial charge in [-0.15, -0.1) is 11.8 Å². The van der Waals surface area contributed by atoms with E-state index >= 15 is 0 Å². The number of amides is 3. The smallest absolute Gasteiger partial charge is 0.248 e. The number of halogens is 1. The molecule has 10 heteroatoms. The van der Waals surface area contributed by atoms with Gasteiger partial charge >= 0.3 is 0 Å². The summed E-state index contributed by atoms with van der Waals surface area (Å²) in [5.74, 6) is -1.11. The van der Waals surface area contributed by atoms with Crippen LogP contribution in [0.4, 0.5) is 11.4 Å². The Morgan fingerprint density at radius 1 is 1.02 bits per heavy atom. The molecule has 3 unspecified atom stereocenters. The van der Waals surface area contributed by atoms with Crippen molar-refractivity contribution in [2.24, 2.45) is 11.8 Å². The number of hydrogen-bond acceptors (Lipinski definition) is 6. The van der Waals surface area contributed by atoms with Crippen LogP contribution in [0.1, 0.15) is 26.2 Å². The molecule has 1 spiro atoms. The Morgan fingerprint density at radius 2 is 1.74 bits per heavy atom. The van der Waals surface area contributed by atoms with Crippen LogP contribution in [0, 0.1) is 11.8 Å². The summed E-state index contributed by atoms with van der Waals surface area (Å²) in [5, 5.41) is 17.5. The van der Waals surface area contributed by atoms with Crippen molar-refractivity contribution in [1.29, 1.82) is 0 Å². The maximum Gasteiger partial charge on any atom is 0.248 e. The average Bonchev–Trinajstić information content (AvgIpc) is 3.57. The summed E-state index contributed by atoms with van der Waals surface area (Å²) in [6.07, 6.45) is 1.70. The fourth-order valence-corrected chi connectivity index (χ4v) is 10.5. The van der Waals surface area contributed by atoms with Gasteiger partial charge in [-0.25, -0.2) is 0 Å². The predicted molar refractivity (Wildman–Crippen MR) is 169 cm³/mol. The van der Waals surface area contributed by atoms with Crippen molar-refractivity contribution >= 4 is 67.6 Å². The van der Waals surface area contributed by atoms with Crippen LogP contribution >= 0.6 is 27.7 Å². The lowest BCUT2D eigenvalue weighted by atomic mass is 9.70. The molecular formula is C32H34BrN3O5S. The molecule has 3 saturated heterocycles. The van der Waals surface area contributed by atoms with Crippen molar-refractivity contribution in [3.8, 4) is 5.75 Å². The zero-order valence-corrected chi connectivity index (χ0v) is 25.7. The van der Waals surface area contributed by atoms with E-state index in [0.29, 0.717) is 43.8 Å². The van der Waals surface area contributed by atoms with E-state index in [0.717, 1.165) is 16.5 Å². The first kappa shape index (κ1) is 29.0. The van der Waals surface area contributed by atoms with Crippen molar-refractivity contribution in [3.05, 3.63) is 66.7 Å². The molecular weight excluding hydrogens is 618 g/mol. The number of aliphatic hydroxyl groups excluding tert-OH is 1. The number of benzene rings is 3. The molecule has 0 saturated carbocycles. The minimum absolute atomic E-state index is 0.0119. The molecule has 2 bridgehead atoms. The Kier molecular flexibility index (Phi) is 8.22. The number of anilines is 2. The summed E-state index contributed by atoms with van der Waals surface area (Å²) in [5.41, 5.74) is 1.30. The van der Waals surface area contributed by atoms with Gasteiger partial charge < -0.3 is 25.4 Å². The van der Waals surface area contributed by atoms with Crippen molar-refractivity contribution in [2.45, 2.75) is 47.1 Å². The number of likely N-dealkylation sites (tertiary alicyclic amines) is 1. The van der Waals surface area contributed by atoms with Crippen LogP contribution < -0.4 is 15.4 Å². The minimum atomic E-state index is -0.739. The second-order valence-corrected chi connectivity index (χ2v) is 13.8. The number of alkyl halides is 1. The summed E-state index contributed by atoms with van der Waals surface area (Å²) in [6.45, 7) is 2.82. The summed E-state index contributed by atoms with van der Waals surface area (Å²) < 4.78 is 4.77. The predicted octanol–water partition coefficient (Wildman–Crippen LogP) is 5.05. The van der Waals surface area contributed by atoms with E-state index < -0.39 is 22.6 Å². The second-order valence-electron chi connectivity index (χ2n) is 11.1. The average molecular weight is 653 g/mol. The Balaban J connectivity index is 1.29. The molecule has 3 N–H and O–H groups in total. The number of fused-ring (bicyclic) bond motifs is 2. The van der Waals surface area contributed by atoms with Gasteiger partial charge in [0, 0.05) is 34.6 Å². The number of unbranched alkanes of at least 4 members (excludes halogenated alkanes) is 1. The van der Waals surface area contributed by atoms with Crippen molar-refractivity contribution in [3.63, 3.8) is 0 Å². The Hall–Kier alpha value is -3.08. The van der Waals surface area contributed by atoms with Crippen LogP contribution in [-0.4, -0.2) is 68.4 Å². The van der Waals surface area contributed by atoms with Gasteiger partial charge in [0.15, 0.2) is 0 Å². The molecule has 3 amide bonds. The van der Waals surface area contributed by atoms with E-state index in [4.69, 9.17) is 4.74 Å².